The van der Waals surface area contributed by atoms with E-state index in [2.05, 4.69) is 30.2 Å². The van der Waals surface area contributed by atoms with Crippen molar-refractivity contribution >= 4 is 17.8 Å². The van der Waals surface area contributed by atoms with Gasteiger partial charge in [0, 0.05) is 18.8 Å². The Kier molecular flexibility index (Phi) is 6.21. The van der Waals surface area contributed by atoms with E-state index in [1.165, 1.54) is 11.0 Å². The summed E-state index contributed by atoms with van der Waals surface area (Å²) >= 11 is 1.54. The van der Waals surface area contributed by atoms with Crippen LogP contribution in [-0.2, 0) is 0 Å². The van der Waals surface area contributed by atoms with Gasteiger partial charge in [-0.25, -0.2) is 9.78 Å². The highest BCUT2D eigenvalue weighted by Gasteiger charge is 2.14. The summed E-state index contributed by atoms with van der Waals surface area (Å²) in [5.41, 5.74) is 0. The number of hydrogen-bond acceptors (Lipinski definition) is 4. The van der Waals surface area contributed by atoms with Crippen molar-refractivity contribution in [3.05, 3.63) is 31.6 Å². The monoisotopic (exact) mass is 266 g/mol. The molecule has 0 radical (unpaired) electrons. The van der Waals surface area contributed by atoms with Gasteiger partial charge in [-0.3, -0.25) is 0 Å². The molecule has 18 heavy (non-hydrogen) atoms. The first-order valence-corrected chi connectivity index (χ1v) is 6.77. The van der Waals surface area contributed by atoms with Crippen LogP contribution in [0.2, 0.25) is 0 Å². The molecule has 0 spiro atoms. The molecule has 98 valence electrons. The smallest absolute Gasteiger partial charge is 0.315 e. The van der Waals surface area contributed by atoms with Crippen LogP contribution in [0.1, 0.15) is 13.3 Å². The van der Waals surface area contributed by atoms with Crippen molar-refractivity contribution in [2.75, 3.05) is 18.8 Å². The molecular weight excluding hydrogens is 248 g/mol. The van der Waals surface area contributed by atoms with Crippen LogP contribution in [-0.4, -0.2) is 44.5 Å². The number of carbonyl (C=O) groups is 1. The molecule has 6 heteroatoms. The minimum atomic E-state index is -0.217. The van der Waals surface area contributed by atoms with Gasteiger partial charge < -0.3 is 4.90 Å². The van der Waals surface area contributed by atoms with E-state index in [1.807, 2.05) is 0 Å². The molecule has 0 saturated heterocycles. The van der Waals surface area contributed by atoms with Crippen molar-refractivity contribution in [1.82, 2.24) is 19.7 Å². The van der Waals surface area contributed by atoms with Gasteiger partial charge in [-0.1, -0.05) is 30.8 Å². The van der Waals surface area contributed by atoms with Crippen LogP contribution in [0.15, 0.2) is 36.8 Å². The van der Waals surface area contributed by atoms with Crippen molar-refractivity contribution in [3.63, 3.8) is 0 Å². The SMILES string of the molecule is C=CCN(CC=C)C(=O)n1cnc(SCCC)n1. The van der Waals surface area contributed by atoms with Gasteiger partial charge in [0.1, 0.15) is 6.33 Å². The first kappa shape index (κ1) is 14.5. The Hall–Kier alpha value is -1.56. The summed E-state index contributed by atoms with van der Waals surface area (Å²) in [6.45, 7) is 10.3. The van der Waals surface area contributed by atoms with Crippen LogP contribution in [0, 0.1) is 0 Å². The zero-order valence-electron chi connectivity index (χ0n) is 10.6. The minimum Gasteiger partial charge on any atom is -0.315 e. The molecule has 0 saturated carbocycles. The Labute approximate surface area is 112 Å². The molecule has 0 aliphatic carbocycles. The molecule has 0 aliphatic heterocycles. The Balaban J connectivity index is 2.71. The molecular formula is C12H18N4OS. The highest BCUT2D eigenvalue weighted by Crippen LogP contribution is 2.12. The lowest BCUT2D eigenvalue weighted by Gasteiger charge is -2.17. The fourth-order valence-corrected chi connectivity index (χ4v) is 1.94. The molecule has 1 aromatic heterocycles. The Morgan fingerprint density at radius 1 is 1.50 bits per heavy atom. The van der Waals surface area contributed by atoms with Crippen LogP contribution in [0.3, 0.4) is 0 Å². The molecule has 0 N–H and O–H groups in total. The predicted octanol–water partition coefficient (Wildman–Crippen LogP) is 2.42. The van der Waals surface area contributed by atoms with E-state index in [0.717, 1.165) is 12.2 Å². The van der Waals surface area contributed by atoms with Crippen LogP contribution in [0.4, 0.5) is 4.79 Å². The van der Waals surface area contributed by atoms with Gasteiger partial charge in [0.25, 0.3) is 0 Å². The molecule has 0 bridgehead atoms. The van der Waals surface area contributed by atoms with E-state index in [0.29, 0.717) is 18.2 Å². The highest BCUT2D eigenvalue weighted by molar-refractivity contribution is 7.99. The Morgan fingerprint density at radius 3 is 2.72 bits per heavy atom. The summed E-state index contributed by atoms with van der Waals surface area (Å²) in [6.07, 6.45) is 5.84. The van der Waals surface area contributed by atoms with Gasteiger partial charge in [0.2, 0.25) is 5.16 Å². The number of rotatable bonds is 7. The fraction of sp³-hybridized carbons (Fsp3) is 0.417. The lowest BCUT2D eigenvalue weighted by molar-refractivity contribution is 0.206. The second-order valence-corrected chi connectivity index (χ2v) is 4.65. The average molecular weight is 266 g/mol. The van der Waals surface area contributed by atoms with Gasteiger partial charge >= 0.3 is 6.03 Å². The van der Waals surface area contributed by atoms with Gasteiger partial charge in [-0.15, -0.1) is 18.3 Å². The maximum atomic E-state index is 12.1. The van der Waals surface area contributed by atoms with Gasteiger partial charge in [-0.2, -0.15) is 4.68 Å². The largest absolute Gasteiger partial charge is 0.346 e. The summed E-state index contributed by atoms with van der Waals surface area (Å²) in [6, 6.07) is -0.217. The fourth-order valence-electron chi connectivity index (χ4n) is 1.29. The normalized spacial score (nSPS) is 10.1. The third-order valence-corrected chi connectivity index (χ3v) is 3.13. The second kappa shape index (κ2) is 7.71. The first-order valence-electron chi connectivity index (χ1n) is 5.78. The molecule has 5 nitrogen and oxygen atoms in total. The molecule has 0 atom stereocenters. The lowest BCUT2D eigenvalue weighted by Crippen LogP contribution is -2.35. The Morgan fingerprint density at radius 2 is 2.17 bits per heavy atom. The first-order chi connectivity index (χ1) is 8.72. The number of nitrogens with zero attached hydrogens (tertiary/aromatic N) is 4. The number of amides is 1. The standard InChI is InChI=1S/C12H18N4OS/c1-4-7-15(8-5-2)12(17)16-10-13-11(14-16)18-9-6-3/h4-5,10H,1-2,6-9H2,3H3. The molecule has 0 aliphatic rings. The van der Waals surface area contributed by atoms with Crippen molar-refractivity contribution < 1.29 is 4.79 Å². The van der Waals surface area contributed by atoms with E-state index >= 15 is 0 Å². The lowest BCUT2D eigenvalue weighted by atomic mass is 10.5. The summed E-state index contributed by atoms with van der Waals surface area (Å²) in [4.78, 5) is 17.8. The molecule has 1 heterocycles. The predicted molar refractivity (Wildman–Crippen MR) is 73.8 cm³/mol. The van der Waals surface area contributed by atoms with Gasteiger partial charge in [0.15, 0.2) is 0 Å². The molecule has 1 rings (SSSR count). The van der Waals surface area contributed by atoms with Crippen LogP contribution >= 0.6 is 11.8 Å². The highest BCUT2D eigenvalue weighted by atomic mass is 32.2. The van der Waals surface area contributed by atoms with Crippen LogP contribution in [0.25, 0.3) is 0 Å². The van der Waals surface area contributed by atoms with Crippen molar-refractivity contribution in [2.45, 2.75) is 18.5 Å². The summed E-state index contributed by atoms with van der Waals surface area (Å²) in [5.74, 6) is 0.946. The molecule has 0 aromatic carbocycles. The summed E-state index contributed by atoms with van der Waals surface area (Å²) in [5, 5.41) is 4.77. The topological polar surface area (TPSA) is 51.0 Å². The number of aromatic nitrogens is 3. The molecule has 1 aromatic rings. The zero-order valence-corrected chi connectivity index (χ0v) is 11.4. The molecule has 1 amide bonds. The van der Waals surface area contributed by atoms with Crippen molar-refractivity contribution in [1.29, 1.82) is 0 Å². The third-order valence-electron chi connectivity index (χ3n) is 2.07. The van der Waals surface area contributed by atoms with Crippen LogP contribution < -0.4 is 0 Å². The minimum absolute atomic E-state index is 0.217. The van der Waals surface area contributed by atoms with Gasteiger partial charge in [0.05, 0.1) is 0 Å². The molecule has 0 fully saturated rings. The van der Waals surface area contributed by atoms with E-state index < -0.39 is 0 Å². The Bertz CT molecular complexity index is 406. The number of carbonyl (C=O) groups excluding carboxylic acids is 1. The van der Waals surface area contributed by atoms with Crippen molar-refractivity contribution in [3.8, 4) is 0 Å². The maximum Gasteiger partial charge on any atom is 0.346 e. The second-order valence-electron chi connectivity index (χ2n) is 3.59. The maximum absolute atomic E-state index is 12.1. The number of hydrogen-bond donors (Lipinski definition) is 0. The average Bonchev–Trinajstić information content (AvgIpc) is 2.84. The van der Waals surface area contributed by atoms with Crippen molar-refractivity contribution in [2.24, 2.45) is 0 Å². The van der Waals surface area contributed by atoms with E-state index in [4.69, 9.17) is 0 Å². The zero-order chi connectivity index (χ0) is 13.4. The quantitative estimate of drug-likeness (QED) is 0.562. The third kappa shape index (κ3) is 4.03. The number of thioether (sulfide) groups is 1. The summed E-state index contributed by atoms with van der Waals surface area (Å²) in [7, 11) is 0. The summed E-state index contributed by atoms with van der Waals surface area (Å²) < 4.78 is 1.25. The van der Waals surface area contributed by atoms with E-state index in [-0.39, 0.29) is 6.03 Å². The van der Waals surface area contributed by atoms with Gasteiger partial charge in [-0.05, 0) is 6.42 Å². The molecule has 0 unspecified atom stereocenters. The van der Waals surface area contributed by atoms with Crippen LogP contribution in [0.5, 0.6) is 0 Å². The van der Waals surface area contributed by atoms with E-state index in [1.54, 1.807) is 28.8 Å². The van der Waals surface area contributed by atoms with E-state index in [9.17, 15) is 4.79 Å².